The average molecular weight is 323 g/mol. The highest BCUT2D eigenvalue weighted by Crippen LogP contribution is 2.43. The molecular weight excluding hydrogens is 302 g/mol. The van der Waals surface area contributed by atoms with E-state index in [1.807, 2.05) is 0 Å². The molecule has 4 rings (SSSR count). The van der Waals surface area contributed by atoms with Gasteiger partial charge in [-0.25, -0.2) is 8.42 Å². The fourth-order valence-electron chi connectivity index (χ4n) is 3.69. The van der Waals surface area contributed by atoms with E-state index in [1.54, 1.807) is 37.3 Å². The van der Waals surface area contributed by atoms with Crippen LogP contribution in [0.4, 0.5) is 0 Å². The number of carbonyl (C=O) groups excluding carboxylic acids is 1. The first kappa shape index (κ1) is 15.5. The van der Waals surface area contributed by atoms with E-state index in [2.05, 4.69) is 0 Å². The molecule has 0 amide bonds. The molecule has 0 spiro atoms. The minimum Gasteiger partial charge on any atom is -0.465 e. The van der Waals surface area contributed by atoms with Gasteiger partial charge in [-0.2, -0.15) is 4.31 Å². The third-order valence-corrected chi connectivity index (χ3v) is 6.62. The highest BCUT2D eigenvalue weighted by atomic mass is 32.2. The molecule has 1 atom stereocenters. The van der Waals surface area contributed by atoms with Crippen molar-refractivity contribution in [2.75, 3.05) is 6.61 Å². The van der Waals surface area contributed by atoms with Gasteiger partial charge in [-0.1, -0.05) is 18.2 Å². The molecule has 1 saturated carbocycles. The van der Waals surface area contributed by atoms with Gasteiger partial charge in [-0.05, 0) is 50.7 Å². The highest BCUT2D eigenvalue weighted by Gasteiger charge is 2.51. The highest BCUT2D eigenvalue weighted by molar-refractivity contribution is 7.89. The zero-order chi connectivity index (χ0) is 15.7. The predicted octanol–water partition coefficient (Wildman–Crippen LogP) is 2.18. The van der Waals surface area contributed by atoms with Crippen molar-refractivity contribution < 1.29 is 17.9 Å². The maximum absolute atomic E-state index is 13.0. The zero-order valence-electron chi connectivity index (χ0n) is 12.6. The summed E-state index contributed by atoms with van der Waals surface area (Å²) in [5.74, 6) is -0.334. The Kier molecular flexibility index (Phi) is 4.23. The van der Waals surface area contributed by atoms with Crippen molar-refractivity contribution in [3.63, 3.8) is 0 Å². The number of ether oxygens (including phenoxy) is 1. The number of carbonyl (C=O) groups is 1. The number of hydrogen-bond acceptors (Lipinski definition) is 4. The topological polar surface area (TPSA) is 63.7 Å². The van der Waals surface area contributed by atoms with Gasteiger partial charge >= 0.3 is 5.97 Å². The number of benzene rings is 1. The van der Waals surface area contributed by atoms with Gasteiger partial charge in [0.15, 0.2) is 0 Å². The van der Waals surface area contributed by atoms with Gasteiger partial charge in [-0.3, -0.25) is 4.79 Å². The SMILES string of the molecule is CCOC(=O)C1C2CCC(CC2)N1S(=O)(=O)c1ccccc1. The van der Waals surface area contributed by atoms with E-state index in [1.165, 1.54) is 4.31 Å². The summed E-state index contributed by atoms with van der Waals surface area (Å²) < 4.78 is 32.6. The molecule has 2 heterocycles. The summed E-state index contributed by atoms with van der Waals surface area (Å²) in [6, 6.07) is 7.59. The number of rotatable bonds is 4. The number of fused-ring (bicyclic) bond motifs is 3. The lowest BCUT2D eigenvalue weighted by Crippen LogP contribution is -2.60. The Balaban J connectivity index is 2.00. The maximum Gasteiger partial charge on any atom is 0.324 e. The van der Waals surface area contributed by atoms with Crippen molar-refractivity contribution in [2.45, 2.75) is 49.6 Å². The van der Waals surface area contributed by atoms with Crippen LogP contribution in [-0.4, -0.2) is 37.4 Å². The van der Waals surface area contributed by atoms with Crippen molar-refractivity contribution in [3.8, 4) is 0 Å². The lowest BCUT2D eigenvalue weighted by molar-refractivity contribution is -0.154. The van der Waals surface area contributed by atoms with Gasteiger partial charge in [-0.15, -0.1) is 0 Å². The number of sulfonamides is 1. The fourth-order valence-corrected chi connectivity index (χ4v) is 5.60. The minimum absolute atomic E-state index is 0.0718. The normalized spacial score (nSPS) is 28.5. The van der Waals surface area contributed by atoms with Crippen LogP contribution in [0.2, 0.25) is 0 Å². The summed E-state index contributed by atoms with van der Waals surface area (Å²) in [6.45, 7) is 2.01. The van der Waals surface area contributed by atoms with Crippen LogP contribution in [-0.2, 0) is 19.6 Å². The molecule has 1 aromatic carbocycles. The molecule has 1 aromatic rings. The van der Waals surface area contributed by atoms with E-state index in [0.29, 0.717) is 0 Å². The monoisotopic (exact) mass is 323 g/mol. The van der Waals surface area contributed by atoms with Crippen LogP contribution in [0.5, 0.6) is 0 Å². The molecule has 0 N–H and O–H groups in total. The van der Waals surface area contributed by atoms with Crippen molar-refractivity contribution in [1.29, 1.82) is 0 Å². The van der Waals surface area contributed by atoms with Gasteiger partial charge in [0.2, 0.25) is 10.0 Å². The van der Waals surface area contributed by atoms with Crippen molar-refractivity contribution >= 4 is 16.0 Å². The molecular formula is C16H21NO4S. The van der Waals surface area contributed by atoms with Gasteiger partial charge in [0.1, 0.15) is 6.04 Å². The second kappa shape index (κ2) is 6.01. The van der Waals surface area contributed by atoms with Crippen molar-refractivity contribution in [3.05, 3.63) is 30.3 Å². The first-order valence-electron chi connectivity index (χ1n) is 7.81. The standard InChI is InChI=1S/C16H21NO4S/c1-2-21-16(18)15-12-8-10-13(11-9-12)17(15)22(19,20)14-6-4-3-5-7-14/h3-7,12-13,15H,2,8-11H2,1H3. The fraction of sp³-hybridized carbons (Fsp3) is 0.562. The van der Waals surface area contributed by atoms with Gasteiger partial charge in [0, 0.05) is 6.04 Å². The molecule has 22 heavy (non-hydrogen) atoms. The predicted molar refractivity (Wildman–Crippen MR) is 81.6 cm³/mol. The van der Waals surface area contributed by atoms with Crippen LogP contribution in [0.3, 0.4) is 0 Å². The second-order valence-electron chi connectivity index (χ2n) is 5.91. The molecule has 2 aliphatic heterocycles. The lowest BCUT2D eigenvalue weighted by Gasteiger charge is -2.48. The molecule has 1 unspecified atom stereocenters. The Morgan fingerprint density at radius 3 is 2.41 bits per heavy atom. The Labute approximate surface area is 131 Å². The van der Waals surface area contributed by atoms with E-state index in [4.69, 9.17) is 4.74 Å². The van der Waals surface area contributed by atoms with Crippen LogP contribution < -0.4 is 0 Å². The van der Waals surface area contributed by atoms with Crippen LogP contribution >= 0.6 is 0 Å². The van der Waals surface area contributed by atoms with Crippen LogP contribution in [0.25, 0.3) is 0 Å². The largest absolute Gasteiger partial charge is 0.465 e. The lowest BCUT2D eigenvalue weighted by atomic mass is 9.76. The minimum atomic E-state index is -3.67. The Morgan fingerprint density at radius 1 is 1.18 bits per heavy atom. The van der Waals surface area contributed by atoms with Crippen LogP contribution in [0.15, 0.2) is 35.2 Å². The Morgan fingerprint density at radius 2 is 1.82 bits per heavy atom. The number of hydrogen-bond donors (Lipinski definition) is 0. The molecule has 0 aromatic heterocycles. The molecule has 6 heteroatoms. The molecule has 1 aliphatic carbocycles. The van der Waals surface area contributed by atoms with E-state index in [0.717, 1.165) is 25.7 Å². The quantitative estimate of drug-likeness (QED) is 0.797. The van der Waals surface area contributed by atoms with E-state index < -0.39 is 22.0 Å². The third-order valence-electron chi connectivity index (χ3n) is 4.67. The number of nitrogens with zero attached hydrogens (tertiary/aromatic N) is 1. The molecule has 3 fully saturated rings. The van der Waals surface area contributed by atoms with E-state index in [9.17, 15) is 13.2 Å². The molecule has 3 aliphatic rings. The summed E-state index contributed by atoms with van der Waals surface area (Å²) in [4.78, 5) is 12.6. The zero-order valence-corrected chi connectivity index (χ0v) is 13.5. The summed E-state index contributed by atoms with van der Waals surface area (Å²) in [5.41, 5.74) is 0. The Bertz CT molecular complexity index is 635. The van der Waals surface area contributed by atoms with Gasteiger partial charge in [0.05, 0.1) is 11.5 Å². The molecule has 0 radical (unpaired) electrons. The average Bonchev–Trinajstić information content (AvgIpc) is 2.56. The summed E-state index contributed by atoms with van der Waals surface area (Å²) in [7, 11) is -3.67. The van der Waals surface area contributed by atoms with E-state index in [-0.39, 0.29) is 23.5 Å². The van der Waals surface area contributed by atoms with Crippen molar-refractivity contribution in [2.24, 2.45) is 5.92 Å². The van der Waals surface area contributed by atoms with Crippen molar-refractivity contribution in [1.82, 2.24) is 4.31 Å². The van der Waals surface area contributed by atoms with Gasteiger partial charge < -0.3 is 4.74 Å². The maximum atomic E-state index is 13.0. The van der Waals surface area contributed by atoms with Gasteiger partial charge in [0.25, 0.3) is 0 Å². The molecule has 2 bridgehead atoms. The van der Waals surface area contributed by atoms with Crippen LogP contribution in [0, 0.1) is 5.92 Å². The van der Waals surface area contributed by atoms with Crippen LogP contribution in [0.1, 0.15) is 32.6 Å². The summed E-state index contributed by atoms with van der Waals surface area (Å²) in [6.07, 6.45) is 3.45. The Hall–Kier alpha value is -1.40. The molecule has 120 valence electrons. The summed E-state index contributed by atoms with van der Waals surface area (Å²) >= 11 is 0. The first-order chi connectivity index (χ1) is 10.6. The molecule has 2 saturated heterocycles. The summed E-state index contributed by atoms with van der Waals surface area (Å²) in [5, 5.41) is 0. The second-order valence-corrected chi connectivity index (χ2v) is 7.76. The number of esters is 1. The van der Waals surface area contributed by atoms with E-state index >= 15 is 0 Å². The first-order valence-corrected chi connectivity index (χ1v) is 9.25. The third kappa shape index (κ3) is 2.54. The molecule has 5 nitrogen and oxygen atoms in total. The smallest absolute Gasteiger partial charge is 0.324 e. The number of piperidine rings is 2.